The monoisotopic (exact) mass is 276 g/mol. The molecule has 1 aromatic carbocycles. The third-order valence-corrected chi connectivity index (χ3v) is 3.38. The van der Waals surface area contributed by atoms with E-state index in [1.807, 2.05) is 0 Å². The summed E-state index contributed by atoms with van der Waals surface area (Å²) < 4.78 is 19.0. The standard InChI is InChI=1S/C16H21FN2O/c17-15-6-7-16(14(13-15)5-4-8-18)20-12-11-19-9-2-1-3-10-19/h6-7,13H,1-3,8-12,18H2. The molecule has 1 fully saturated rings. The molecule has 2 N–H and O–H groups in total. The number of halogens is 1. The molecule has 0 bridgehead atoms. The minimum absolute atomic E-state index is 0.254. The summed E-state index contributed by atoms with van der Waals surface area (Å²) in [5.41, 5.74) is 5.91. The van der Waals surface area contributed by atoms with E-state index in [1.165, 1.54) is 31.4 Å². The topological polar surface area (TPSA) is 38.5 Å². The van der Waals surface area contributed by atoms with Crippen molar-refractivity contribution in [3.63, 3.8) is 0 Å². The van der Waals surface area contributed by atoms with Gasteiger partial charge in [-0.2, -0.15) is 0 Å². The summed E-state index contributed by atoms with van der Waals surface area (Å²) in [5.74, 6) is 5.90. The van der Waals surface area contributed by atoms with E-state index in [9.17, 15) is 4.39 Å². The van der Waals surface area contributed by atoms with Crippen LogP contribution in [-0.2, 0) is 0 Å². The highest BCUT2D eigenvalue weighted by molar-refractivity contribution is 5.46. The summed E-state index contributed by atoms with van der Waals surface area (Å²) in [6.45, 7) is 4.05. The zero-order chi connectivity index (χ0) is 14.2. The van der Waals surface area contributed by atoms with E-state index in [-0.39, 0.29) is 12.4 Å². The van der Waals surface area contributed by atoms with Crippen LogP contribution >= 0.6 is 0 Å². The Morgan fingerprint density at radius 1 is 1.25 bits per heavy atom. The molecule has 0 unspecified atom stereocenters. The Balaban J connectivity index is 1.91. The SMILES string of the molecule is NCC#Cc1cc(F)ccc1OCCN1CCCCC1. The number of hydrogen-bond acceptors (Lipinski definition) is 3. The van der Waals surface area contributed by atoms with Crippen LogP contribution in [0.25, 0.3) is 0 Å². The van der Waals surface area contributed by atoms with Gasteiger partial charge in [0.2, 0.25) is 0 Å². The predicted molar refractivity (Wildman–Crippen MR) is 78.1 cm³/mol. The summed E-state index contributed by atoms with van der Waals surface area (Å²) in [7, 11) is 0. The van der Waals surface area contributed by atoms with Gasteiger partial charge >= 0.3 is 0 Å². The van der Waals surface area contributed by atoms with Crippen molar-refractivity contribution in [3.8, 4) is 17.6 Å². The zero-order valence-corrected chi connectivity index (χ0v) is 11.7. The van der Waals surface area contributed by atoms with Crippen molar-refractivity contribution >= 4 is 0 Å². The molecular formula is C16H21FN2O. The van der Waals surface area contributed by atoms with Crippen molar-refractivity contribution in [1.29, 1.82) is 0 Å². The second kappa shape index (κ2) is 7.88. The first-order valence-corrected chi connectivity index (χ1v) is 7.13. The van der Waals surface area contributed by atoms with Gasteiger partial charge < -0.3 is 10.5 Å². The number of nitrogens with two attached hydrogens (primary N) is 1. The van der Waals surface area contributed by atoms with Crippen LogP contribution in [0.5, 0.6) is 5.75 Å². The first-order chi connectivity index (χ1) is 9.79. The molecule has 20 heavy (non-hydrogen) atoms. The largest absolute Gasteiger partial charge is 0.491 e. The Bertz CT molecular complexity index is 487. The van der Waals surface area contributed by atoms with Crippen molar-refractivity contribution in [2.24, 2.45) is 5.73 Å². The van der Waals surface area contributed by atoms with Crippen LogP contribution in [0, 0.1) is 17.7 Å². The van der Waals surface area contributed by atoms with Gasteiger partial charge in [-0.1, -0.05) is 18.3 Å². The Morgan fingerprint density at radius 2 is 2.05 bits per heavy atom. The molecule has 0 saturated carbocycles. The molecule has 0 radical (unpaired) electrons. The van der Waals surface area contributed by atoms with Gasteiger partial charge in [0.05, 0.1) is 12.1 Å². The van der Waals surface area contributed by atoms with Crippen molar-refractivity contribution < 1.29 is 9.13 Å². The summed E-state index contributed by atoms with van der Waals surface area (Å²) in [4.78, 5) is 2.40. The van der Waals surface area contributed by atoms with Gasteiger partial charge in [-0.15, -0.1) is 0 Å². The number of rotatable bonds is 4. The van der Waals surface area contributed by atoms with Crippen LogP contribution in [0.4, 0.5) is 4.39 Å². The maximum Gasteiger partial charge on any atom is 0.135 e. The third-order valence-electron chi connectivity index (χ3n) is 3.38. The van der Waals surface area contributed by atoms with Crippen molar-refractivity contribution in [2.45, 2.75) is 19.3 Å². The summed E-state index contributed by atoms with van der Waals surface area (Å²) in [6, 6.07) is 4.41. The number of hydrogen-bond donors (Lipinski definition) is 1. The fraction of sp³-hybridized carbons (Fsp3) is 0.500. The van der Waals surface area contributed by atoms with Gasteiger partial charge in [0, 0.05) is 6.54 Å². The molecule has 108 valence electrons. The molecular weight excluding hydrogens is 255 g/mol. The van der Waals surface area contributed by atoms with Gasteiger partial charge in [0.15, 0.2) is 0 Å². The smallest absolute Gasteiger partial charge is 0.135 e. The lowest BCUT2D eigenvalue weighted by molar-refractivity contribution is 0.183. The first kappa shape index (κ1) is 14.8. The molecule has 2 rings (SSSR count). The lowest BCUT2D eigenvalue weighted by Crippen LogP contribution is -2.33. The Kier molecular flexibility index (Phi) is 5.85. The molecule has 1 saturated heterocycles. The van der Waals surface area contributed by atoms with E-state index in [4.69, 9.17) is 10.5 Å². The van der Waals surface area contributed by atoms with Gasteiger partial charge in [0.25, 0.3) is 0 Å². The summed E-state index contributed by atoms with van der Waals surface area (Å²) in [6.07, 6.45) is 3.86. The van der Waals surface area contributed by atoms with Crippen LogP contribution in [0.15, 0.2) is 18.2 Å². The second-order valence-electron chi connectivity index (χ2n) is 4.90. The lowest BCUT2D eigenvalue weighted by atomic mass is 10.1. The van der Waals surface area contributed by atoms with E-state index in [0.29, 0.717) is 17.9 Å². The first-order valence-electron chi connectivity index (χ1n) is 7.13. The normalized spacial score (nSPS) is 15.5. The highest BCUT2D eigenvalue weighted by Crippen LogP contribution is 2.19. The molecule has 1 heterocycles. The Hall–Kier alpha value is -1.57. The quantitative estimate of drug-likeness (QED) is 0.855. The number of piperidine rings is 1. The maximum absolute atomic E-state index is 13.2. The van der Waals surface area contributed by atoms with Gasteiger partial charge in [0.1, 0.15) is 18.2 Å². The lowest BCUT2D eigenvalue weighted by Gasteiger charge is -2.26. The summed E-state index contributed by atoms with van der Waals surface area (Å²) in [5, 5.41) is 0. The maximum atomic E-state index is 13.2. The molecule has 0 amide bonds. The van der Waals surface area contributed by atoms with Crippen LogP contribution in [-0.4, -0.2) is 37.7 Å². The Morgan fingerprint density at radius 3 is 2.80 bits per heavy atom. The van der Waals surface area contributed by atoms with Crippen molar-refractivity contribution in [1.82, 2.24) is 4.90 Å². The minimum atomic E-state index is -0.310. The average molecular weight is 276 g/mol. The molecule has 0 aliphatic carbocycles. The second-order valence-corrected chi connectivity index (χ2v) is 4.90. The number of ether oxygens (including phenoxy) is 1. The predicted octanol–water partition coefficient (Wildman–Crippen LogP) is 2.00. The number of nitrogens with zero attached hydrogens (tertiary/aromatic N) is 1. The Labute approximate surface area is 119 Å². The van der Waals surface area contributed by atoms with Crippen molar-refractivity contribution in [2.75, 3.05) is 32.8 Å². The highest BCUT2D eigenvalue weighted by Gasteiger charge is 2.10. The van der Waals surface area contributed by atoms with E-state index in [2.05, 4.69) is 16.7 Å². The van der Waals surface area contributed by atoms with Crippen LogP contribution in [0.2, 0.25) is 0 Å². The fourth-order valence-electron chi connectivity index (χ4n) is 2.34. The summed E-state index contributed by atoms with van der Waals surface area (Å²) >= 11 is 0. The fourth-order valence-corrected chi connectivity index (χ4v) is 2.34. The van der Waals surface area contributed by atoms with Crippen LogP contribution < -0.4 is 10.5 Å². The molecule has 3 nitrogen and oxygen atoms in total. The number of likely N-dealkylation sites (tertiary alicyclic amines) is 1. The van der Waals surface area contributed by atoms with E-state index in [1.54, 1.807) is 6.07 Å². The minimum Gasteiger partial charge on any atom is -0.491 e. The van der Waals surface area contributed by atoms with Gasteiger partial charge in [-0.3, -0.25) is 4.90 Å². The average Bonchev–Trinajstić information content (AvgIpc) is 2.48. The highest BCUT2D eigenvalue weighted by atomic mass is 19.1. The van der Waals surface area contributed by atoms with Crippen molar-refractivity contribution in [3.05, 3.63) is 29.6 Å². The van der Waals surface area contributed by atoms with Gasteiger partial charge in [-0.05, 0) is 44.1 Å². The van der Waals surface area contributed by atoms with E-state index >= 15 is 0 Å². The molecule has 0 aromatic heterocycles. The molecule has 0 atom stereocenters. The molecule has 1 aromatic rings. The zero-order valence-electron chi connectivity index (χ0n) is 11.7. The molecule has 4 heteroatoms. The number of benzene rings is 1. The van der Waals surface area contributed by atoms with Crippen LogP contribution in [0.3, 0.4) is 0 Å². The van der Waals surface area contributed by atoms with E-state index in [0.717, 1.165) is 19.6 Å². The third kappa shape index (κ3) is 4.52. The molecule has 1 aliphatic rings. The van der Waals surface area contributed by atoms with E-state index < -0.39 is 0 Å². The molecule has 0 spiro atoms. The van der Waals surface area contributed by atoms with Gasteiger partial charge in [-0.25, -0.2) is 4.39 Å². The molecule has 1 aliphatic heterocycles. The van der Waals surface area contributed by atoms with Crippen LogP contribution in [0.1, 0.15) is 24.8 Å².